The molecule has 0 saturated carbocycles. The van der Waals surface area contributed by atoms with E-state index in [4.69, 9.17) is 4.74 Å². The highest BCUT2D eigenvalue weighted by atomic mass is 35.5. The van der Waals surface area contributed by atoms with Crippen molar-refractivity contribution < 1.29 is 9.13 Å². The molecular weight excluding hydrogens is 460 g/mol. The zero-order valence-electron chi connectivity index (χ0n) is 18.7. The van der Waals surface area contributed by atoms with Gasteiger partial charge in [0.1, 0.15) is 18.2 Å². The number of hydrogen-bond donors (Lipinski definition) is 1. The molecule has 1 aliphatic heterocycles. The first kappa shape index (κ1) is 25.3. The van der Waals surface area contributed by atoms with Crippen molar-refractivity contribution in [1.29, 1.82) is 0 Å². The Morgan fingerprint density at radius 1 is 1.12 bits per heavy atom. The van der Waals surface area contributed by atoms with Gasteiger partial charge in [-0.15, -0.1) is 24.8 Å². The second kappa shape index (κ2) is 11.2. The summed E-state index contributed by atoms with van der Waals surface area (Å²) in [6, 6.07) is 13.7. The minimum Gasteiger partial charge on any atom is -0.491 e. The number of halogens is 3. The molecule has 3 heterocycles. The van der Waals surface area contributed by atoms with Crippen molar-refractivity contribution in [3.63, 3.8) is 0 Å². The van der Waals surface area contributed by atoms with Crippen LogP contribution in [0.4, 0.5) is 4.39 Å². The van der Waals surface area contributed by atoms with Gasteiger partial charge in [0, 0.05) is 34.7 Å². The third kappa shape index (κ3) is 5.26. The summed E-state index contributed by atoms with van der Waals surface area (Å²) < 4.78 is 19.9. The van der Waals surface area contributed by atoms with E-state index in [1.165, 1.54) is 17.2 Å². The third-order valence-corrected chi connectivity index (χ3v) is 6.34. The summed E-state index contributed by atoms with van der Waals surface area (Å²) in [5.74, 6) is 0.820. The number of fused-ring (bicyclic) bond motifs is 4. The lowest BCUT2D eigenvalue weighted by Crippen LogP contribution is -2.44. The van der Waals surface area contributed by atoms with E-state index in [-0.39, 0.29) is 30.6 Å². The molecule has 2 aromatic heterocycles. The van der Waals surface area contributed by atoms with Gasteiger partial charge in [0.2, 0.25) is 0 Å². The highest BCUT2D eigenvalue weighted by Gasteiger charge is 2.26. The molecule has 0 radical (unpaired) electrons. The van der Waals surface area contributed by atoms with Crippen molar-refractivity contribution in [1.82, 2.24) is 14.9 Å². The van der Waals surface area contributed by atoms with Gasteiger partial charge in [0.05, 0.1) is 5.52 Å². The van der Waals surface area contributed by atoms with Crippen molar-refractivity contribution in [2.24, 2.45) is 0 Å². The van der Waals surface area contributed by atoms with E-state index in [1.54, 1.807) is 6.07 Å². The lowest BCUT2D eigenvalue weighted by Gasteiger charge is -2.35. The number of nitrogens with one attached hydrogen (secondary N) is 1. The van der Waals surface area contributed by atoms with E-state index in [1.807, 2.05) is 24.5 Å². The SMILES string of the molecule is CCCN(CCCc1c[nH]c2ccc(F)cc12)C1COc2c(ccc3ncccc23)C1.Cl.Cl. The van der Waals surface area contributed by atoms with Crippen LogP contribution in [0.3, 0.4) is 0 Å². The molecular formula is C26H30Cl2FN3O. The monoisotopic (exact) mass is 489 g/mol. The van der Waals surface area contributed by atoms with Gasteiger partial charge in [0.25, 0.3) is 0 Å². The second-order valence-electron chi connectivity index (χ2n) is 8.44. The first-order chi connectivity index (χ1) is 15.2. The number of pyridine rings is 1. The Bertz CT molecular complexity index is 1210. The van der Waals surface area contributed by atoms with E-state index in [2.05, 4.69) is 40.0 Å². The molecule has 1 N–H and O–H groups in total. The van der Waals surface area contributed by atoms with Crippen LogP contribution in [0.15, 0.2) is 54.9 Å². The molecule has 33 heavy (non-hydrogen) atoms. The lowest BCUT2D eigenvalue weighted by atomic mass is 9.98. The first-order valence-corrected chi connectivity index (χ1v) is 11.2. The number of nitrogens with zero attached hydrogens (tertiary/aromatic N) is 2. The minimum atomic E-state index is -0.179. The molecule has 0 spiro atoms. The molecule has 0 saturated heterocycles. The molecule has 1 atom stereocenters. The number of aromatic amines is 1. The highest BCUT2D eigenvalue weighted by molar-refractivity contribution is 5.87. The standard InChI is InChI=1S/C26H28FN3O.2ClH/c1-2-12-30(13-4-5-19-16-29-25-10-8-20(27)15-23(19)25)21-14-18-7-9-24-22(6-3-11-28-24)26(18)31-17-21;;/h3,6-11,15-16,21,29H,2,4-5,12-14,17H2,1H3;2*1H. The molecule has 1 aliphatic rings. The summed E-state index contributed by atoms with van der Waals surface area (Å²) in [6.45, 7) is 5.00. The largest absolute Gasteiger partial charge is 0.491 e. The smallest absolute Gasteiger partial charge is 0.132 e. The Kier molecular flexibility index (Phi) is 8.57. The average Bonchev–Trinajstić information content (AvgIpc) is 3.20. The molecule has 0 bridgehead atoms. The molecule has 0 fully saturated rings. The van der Waals surface area contributed by atoms with Crippen LogP contribution in [0.5, 0.6) is 5.75 Å². The number of ether oxygens (including phenoxy) is 1. The van der Waals surface area contributed by atoms with Gasteiger partial charge in [-0.05, 0) is 86.3 Å². The van der Waals surface area contributed by atoms with Crippen LogP contribution in [0.1, 0.15) is 30.9 Å². The molecule has 0 amide bonds. The van der Waals surface area contributed by atoms with E-state index in [0.717, 1.165) is 66.3 Å². The lowest BCUT2D eigenvalue weighted by molar-refractivity contribution is 0.119. The van der Waals surface area contributed by atoms with Crippen LogP contribution < -0.4 is 4.74 Å². The van der Waals surface area contributed by atoms with Crippen molar-refractivity contribution in [3.05, 3.63) is 71.8 Å². The predicted molar refractivity (Wildman–Crippen MR) is 138 cm³/mol. The van der Waals surface area contributed by atoms with Crippen LogP contribution in [0, 0.1) is 5.82 Å². The summed E-state index contributed by atoms with van der Waals surface area (Å²) in [4.78, 5) is 10.3. The number of aromatic nitrogens is 2. The number of aryl methyl sites for hydroxylation is 1. The Hall–Kier alpha value is -2.34. The average molecular weight is 490 g/mol. The number of hydrogen-bond acceptors (Lipinski definition) is 3. The predicted octanol–water partition coefficient (Wildman–Crippen LogP) is 6.35. The van der Waals surface area contributed by atoms with E-state index < -0.39 is 0 Å². The fourth-order valence-corrected chi connectivity index (χ4v) is 4.82. The maximum absolute atomic E-state index is 13.7. The topological polar surface area (TPSA) is 41.2 Å². The van der Waals surface area contributed by atoms with Gasteiger partial charge >= 0.3 is 0 Å². The summed E-state index contributed by atoms with van der Waals surface area (Å²) in [6.07, 6.45) is 7.93. The third-order valence-electron chi connectivity index (χ3n) is 6.34. The Labute approximate surface area is 206 Å². The summed E-state index contributed by atoms with van der Waals surface area (Å²) in [7, 11) is 0. The molecule has 176 valence electrons. The fourth-order valence-electron chi connectivity index (χ4n) is 4.82. The normalized spacial score (nSPS) is 15.1. The quantitative estimate of drug-likeness (QED) is 0.328. The fraction of sp³-hybridized carbons (Fsp3) is 0.346. The Morgan fingerprint density at radius 2 is 2.00 bits per heavy atom. The number of benzene rings is 2. The van der Waals surface area contributed by atoms with E-state index in [9.17, 15) is 4.39 Å². The summed E-state index contributed by atoms with van der Waals surface area (Å²) in [5, 5.41) is 2.10. The molecule has 2 aromatic carbocycles. The van der Waals surface area contributed by atoms with Crippen LogP contribution in [0.25, 0.3) is 21.8 Å². The molecule has 5 rings (SSSR count). The zero-order chi connectivity index (χ0) is 21.2. The van der Waals surface area contributed by atoms with Crippen molar-refractivity contribution >= 4 is 46.6 Å². The van der Waals surface area contributed by atoms with Gasteiger partial charge in [-0.2, -0.15) is 0 Å². The van der Waals surface area contributed by atoms with Gasteiger partial charge in [0.15, 0.2) is 0 Å². The first-order valence-electron chi connectivity index (χ1n) is 11.2. The maximum atomic E-state index is 13.7. The summed E-state index contributed by atoms with van der Waals surface area (Å²) in [5.41, 5.74) is 4.45. The minimum absolute atomic E-state index is 0. The van der Waals surface area contributed by atoms with Crippen LogP contribution in [-0.2, 0) is 12.8 Å². The zero-order valence-corrected chi connectivity index (χ0v) is 20.4. The van der Waals surface area contributed by atoms with Crippen molar-refractivity contribution in [2.45, 2.75) is 38.6 Å². The molecule has 0 aliphatic carbocycles. The van der Waals surface area contributed by atoms with Crippen LogP contribution >= 0.6 is 24.8 Å². The molecule has 4 nitrogen and oxygen atoms in total. The van der Waals surface area contributed by atoms with Gasteiger partial charge in [-0.1, -0.05) is 13.0 Å². The number of H-pyrrole nitrogens is 1. The maximum Gasteiger partial charge on any atom is 0.132 e. The van der Waals surface area contributed by atoms with E-state index in [0.29, 0.717) is 12.6 Å². The molecule has 1 unspecified atom stereocenters. The molecule has 7 heteroatoms. The van der Waals surface area contributed by atoms with Crippen LogP contribution in [-0.4, -0.2) is 40.6 Å². The van der Waals surface area contributed by atoms with Crippen molar-refractivity contribution in [2.75, 3.05) is 19.7 Å². The second-order valence-corrected chi connectivity index (χ2v) is 8.44. The van der Waals surface area contributed by atoms with Crippen LogP contribution in [0.2, 0.25) is 0 Å². The van der Waals surface area contributed by atoms with E-state index >= 15 is 0 Å². The molecule has 4 aromatic rings. The van der Waals surface area contributed by atoms with Gasteiger partial charge in [-0.25, -0.2) is 4.39 Å². The number of rotatable bonds is 7. The highest BCUT2D eigenvalue weighted by Crippen LogP contribution is 2.33. The van der Waals surface area contributed by atoms with Gasteiger partial charge in [-0.3, -0.25) is 9.88 Å². The van der Waals surface area contributed by atoms with Gasteiger partial charge < -0.3 is 9.72 Å². The summed E-state index contributed by atoms with van der Waals surface area (Å²) >= 11 is 0. The van der Waals surface area contributed by atoms with Crippen molar-refractivity contribution in [3.8, 4) is 5.75 Å². The Morgan fingerprint density at radius 3 is 2.85 bits per heavy atom. The Balaban J connectivity index is 0.00000153.